The normalized spacial score (nSPS) is 12.1. The largest absolute Gasteiger partial charge is 0.324 e. The van der Waals surface area contributed by atoms with Crippen LogP contribution in [0.5, 0.6) is 0 Å². The molecule has 0 aliphatic rings. The Labute approximate surface area is 102 Å². The average Bonchev–Trinajstić information content (AvgIpc) is 2.28. The van der Waals surface area contributed by atoms with Crippen molar-refractivity contribution in [3.8, 4) is 0 Å². The van der Waals surface area contributed by atoms with Crippen LogP contribution in [-0.4, -0.2) is 4.98 Å². The molecule has 2 aromatic rings. The maximum Gasteiger partial charge on any atom is 0.0705 e. The number of nitrogens with zero attached hydrogens (tertiary/aromatic N) is 1. The van der Waals surface area contributed by atoms with Crippen LogP contribution in [0, 0.1) is 0 Å². The zero-order valence-corrected chi connectivity index (χ0v) is 10.2. The third-order valence-electron chi connectivity index (χ3n) is 2.68. The zero-order valence-electron chi connectivity index (χ0n) is 9.39. The fourth-order valence-corrected chi connectivity index (χ4v) is 1.91. The second-order valence-electron chi connectivity index (χ2n) is 3.81. The number of halogens is 1. The number of hydrogen-bond donors (Lipinski definition) is 1. The van der Waals surface area contributed by atoms with E-state index < -0.39 is 0 Å². The van der Waals surface area contributed by atoms with Crippen molar-refractivity contribution in [1.82, 2.24) is 4.98 Å². The summed E-state index contributed by atoms with van der Waals surface area (Å²) in [4.78, 5) is 4.33. The molecule has 2 rings (SSSR count). The van der Waals surface area contributed by atoms with Gasteiger partial charge >= 0.3 is 0 Å². The maximum absolute atomic E-state index is 6.14. The number of pyridine rings is 1. The van der Waals surface area contributed by atoms with Crippen molar-refractivity contribution in [2.24, 2.45) is 5.73 Å². The quantitative estimate of drug-likeness (QED) is 0.887. The lowest BCUT2D eigenvalue weighted by molar-refractivity contribution is 0.642. The number of hydrogen-bond acceptors (Lipinski definition) is 2. The summed E-state index contributed by atoms with van der Waals surface area (Å²) < 4.78 is 0. The minimum absolute atomic E-state index is 0. The van der Waals surface area contributed by atoms with Gasteiger partial charge in [-0.3, -0.25) is 4.98 Å². The monoisotopic (exact) mass is 236 g/mol. The van der Waals surface area contributed by atoms with Crippen molar-refractivity contribution in [2.75, 3.05) is 0 Å². The summed E-state index contributed by atoms with van der Waals surface area (Å²) in [5, 5.41) is 1.18. The molecular formula is C13H17ClN2. The lowest BCUT2D eigenvalue weighted by Crippen LogP contribution is -2.10. The first kappa shape index (κ1) is 12.9. The van der Waals surface area contributed by atoms with Gasteiger partial charge in [-0.05, 0) is 24.1 Å². The number of aromatic nitrogens is 1. The van der Waals surface area contributed by atoms with Crippen molar-refractivity contribution < 1.29 is 0 Å². The molecule has 3 heteroatoms. The molecule has 86 valence electrons. The van der Waals surface area contributed by atoms with Gasteiger partial charge in [-0.1, -0.05) is 31.5 Å². The predicted octanol–water partition coefficient (Wildman–Crippen LogP) is 3.46. The van der Waals surface area contributed by atoms with Gasteiger partial charge in [0.2, 0.25) is 0 Å². The van der Waals surface area contributed by atoms with Gasteiger partial charge in [0, 0.05) is 17.6 Å². The summed E-state index contributed by atoms with van der Waals surface area (Å²) in [7, 11) is 0. The summed E-state index contributed by atoms with van der Waals surface area (Å²) in [6, 6.07) is 10.3. The highest BCUT2D eigenvalue weighted by molar-refractivity contribution is 5.85. The van der Waals surface area contributed by atoms with Crippen LogP contribution in [-0.2, 0) is 0 Å². The SMILES string of the molecule is CCC[C@H](N)c1ccnc2ccccc12.Cl. The number of rotatable bonds is 3. The molecule has 0 saturated carbocycles. The van der Waals surface area contributed by atoms with Crippen LogP contribution in [0.15, 0.2) is 36.5 Å². The molecule has 1 aromatic heterocycles. The molecule has 1 atom stereocenters. The molecule has 0 spiro atoms. The van der Waals surface area contributed by atoms with Gasteiger partial charge in [-0.15, -0.1) is 12.4 Å². The summed E-state index contributed by atoms with van der Waals surface area (Å²) in [6.45, 7) is 2.16. The topological polar surface area (TPSA) is 38.9 Å². The van der Waals surface area contributed by atoms with E-state index in [1.165, 1.54) is 10.9 Å². The fraction of sp³-hybridized carbons (Fsp3) is 0.308. The zero-order chi connectivity index (χ0) is 10.7. The van der Waals surface area contributed by atoms with Gasteiger partial charge < -0.3 is 5.73 Å². The minimum atomic E-state index is 0. The number of para-hydroxylation sites is 1. The van der Waals surface area contributed by atoms with Crippen molar-refractivity contribution in [3.05, 3.63) is 42.1 Å². The van der Waals surface area contributed by atoms with Crippen LogP contribution >= 0.6 is 12.4 Å². The maximum atomic E-state index is 6.14. The summed E-state index contributed by atoms with van der Waals surface area (Å²) in [5.74, 6) is 0. The second-order valence-corrected chi connectivity index (χ2v) is 3.81. The molecule has 0 aliphatic carbocycles. The Morgan fingerprint density at radius 2 is 2.00 bits per heavy atom. The fourth-order valence-electron chi connectivity index (χ4n) is 1.91. The standard InChI is InChI=1S/C13H16N2.ClH/c1-2-5-12(14)10-8-9-15-13-7-4-3-6-11(10)13;/h3-4,6-9,12H,2,5,14H2,1H3;1H/t12-;/m0./s1. The second kappa shape index (κ2) is 5.83. The predicted molar refractivity (Wildman–Crippen MR) is 70.8 cm³/mol. The minimum Gasteiger partial charge on any atom is -0.324 e. The van der Waals surface area contributed by atoms with Gasteiger partial charge in [0.15, 0.2) is 0 Å². The molecule has 16 heavy (non-hydrogen) atoms. The van der Waals surface area contributed by atoms with Crippen LogP contribution < -0.4 is 5.73 Å². The molecule has 2 nitrogen and oxygen atoms in total. The number of fused-ring (bicyclic) bond motifs is 1. The van der Waals surface area contributed by atoms with E-state index in [9.17, 15) is 0 Å². The third kappa shape index (κ3) is 2.52. The van der Waals surface area contributed by atoms with Gasteiger partial charge in [0.25, 0.3) is 0 Å². The molecule has 0 bridgehead atoms. The molecule has 1 aromatic carbocycles. The van der Waals surface area contributed by atoms with Crippen molar-refractivity contribution in [1.29, 1.82) is 0 Å². The molecule has 2 N–H and O–H groups in total. The Balaban J connectivity index is 0.00000128. The molecule has 0 amide bonds. The van der Waals surface area contributed by atoms with Gasteiger partial charge in [-0.25, -0.2) is 0 Å². The highest BCUT2D eigenvalue weighted by Crippen LogP contribution is 2.23. The van der Waals surface area contributed by atoms with E-state index >= 15 is 0 Å². The first-order valence-corrected chi connectivity index (χ1v) is 5.42. The summed E-state index contributed by atoms with van der Waals surface area (Å²) in [6.07, 6.45) is 3.97. The van der Waals surface area contributed by atoms with Crippen LogP contribution in [0.4, 0.5) is 0 Å². The van der Waals surface area contributed by atoms with Crippen LogP contribution in [0.2, 0.25) is 0 Å². The first-order chi connectivity index (χ1) is 7.33. The van der Waals surface area contributed by atoms with Crippen molar-refractivity contribution in [2.45, 2.75) is 25.8 Å². The van der Waals surface area contributed by atoms with Gasteiger partial charge in [-0.2, -0.15) is 0 Å². The highest BCUT2D eigenvalue weighted by Gasteiger charge is 2.08. The van der Waals surface area contributed by atoms with E-state index in [1.807, 2.05) is 30.5 Å². The first-order valence-electron chi connectivity index (χ1n) is 5.42. The van der Waals surface area contributed by atoms with Crippen LogP contribution in [0.25, 0.3) is 10.9 Å². The Bertz CT molecular complexity index is 451. The molecule has 0 radical (unpaired) electrons. The van der Waals surface area contributed by atoms with Crippen LogP contribution in [0.3, 0.4) is 0 Å². The molecule has 0 saturated heterocycles. The number of nitrogens with two attached hydrogens (primary N) is 1. The smallest absolute Gasteiger partial charge is 0.0705 e. The van der Waals surface area contributed by atoms with E-state index in [-0.39, 0.29) is 18.4 Å². The van der Waals surface area contributed by atoms with E-state index in [4.69, 9.17) is 5.73 Å². The Morgan fingerprint density at radius 3 is 2.75 bits per heavy atom. The van der Waals surface area contributed by atoms with Gasteiger partial charge in [0.1, 0.15) is 0 Å². The summed E-state index contributed by atoms with van der Waals surface area (Å²) >= 11 is 0. The lowest BCUT2D eigenvalue weighted by atomic mass is 9.99. The lowest BCUT2D eigenvalue weighted by Gasteiger charge is -2.12. The van der Waals surface area contributed by atoms with Crippen molar-refractivity contribution >= 4 is 23.3 Å². The average molecular weight is 237 g/mol. The third-order valence-corrected chi connectivity index (χ3v) is 2.68. The molecule has 0 aliphatic heterocycles. The van der Waals surface area contributed by atoms with Crippen molar-refractivity contribution in [3.63, 3.8) is 0 Å². The van der Waals surface area contributed by atoms with Crippen LogP contribution in [0.1, 0.15) is 31.4 Å². The number of benzene rings is 1. The Morgan fingerprint density at radius 1 is 1.25 bits per heavy atom. The molecule has 0 fully saturated rings. The highest BCUT2D eigenvalue weighted by atomic mass is 35.5. The molecule has 0 unspecified atom stereocenters. The van der Waals surface area contributed by atoms with E-state index in [0.29, 0.717) is 0 Å². The summed E-state index contributed by atoms with van der Waals surface area (Å²) in [5.41, 5.74) is 8.38. The van der Waals surface area contributed by atoms with Gasteiger partial charge in [0.05, 0.1) is 5.52 Å². The Kier molecular flexibility index (Phi) is 4.71. The molecular weight excluding hydrogens is 220 g/mol. The molecule has 1 heterocycles. The van der Waals surface area contributed by atoms with E-state index in [1.54, 1.807) is 0 Å². The Hall–Kier alpha value is -1.12. The van der Waals surface area contributed by atoms with E-state index in [2.05, 4.69) is 18.0 Å². The van der Waals surface area contributed by atoms with E-state index in [0.717, 1.165) is 18.4 Å².